The molecule has 1 atom stereocenters. The lowest BCUT2D eigenvalue weighted by Gasteiger charge is -2.44. The van der Waals surface area contributed by atoms with Gasteiger partial charge in [0.25, 0.3) is 8.32 Å². The lowest BCUT2D eigenvalue weighted by atomic mass is 10.2. The first-order valence-electron chi connectivity index (χ1n) is 8.59. The molecule has 5 heteroatoms. The minimum absolute atomic E-state index is 0.0479. The van der Waals surface area contributed by atoms with Crippen molar-refractivity contribution in [2.75, 3.05) is 0 Å². The molecule has 0 unspecified atom stereocenters. The van der Waals surface area contributed by atoms with E-state index in [0.29, 0.717) is 0 Å². The summed E-state index contributed by atoms with van der Waals surface area (Å²) < 4.78 is 6.94. The van der Waals surface area contributed by atoms with Gasteiger partial charge in [-0.15, -0.1) is 0 Å². The number of hydrogen-bond donors (Lipinski definition) is 1. The van der Waals surface area contributed by atoms with Gasteiger partial charge in [0.1, 0.15) is 5.69 Å². The number of hydrogen-bond acceptors (Lipinski definition) is 3. The molecular formula is C20H25N3OSi. The monoisotopic (exact) mass is 351 g/mol. The Morgan fingerprint density at radius 2 is 1.44 bits per heavy atom. The van der Waals surface area contributed by atoms with Crippen LogP contribution in [0.2, 0.25) is 5.04 Å². The van der Waals surface area contributed by atoms with Gasteiger partial charge >= 0.3 is 0 Å². The molecule has 2 aromatic carbocycles. The molecule has 4 nitrogen and oxygen atoms in total. The SMILES string of the molecule is C[C@H](O[Si](c1ccccc1)(c1ccccc1)C(C)(C)C)c1cn[nH]n1. The molecule has 0 aliphatic rings. The van der Waals surface area contributed by atoms with Crippen LogP contribution in [0.25, 0.3) is 0 Å². The Bertz CT molecular complexity index is 743. The first kappa shape index (κ1) is 17.6. The molecule has 25 heavy (non-hydrogen) atoms. The summed E-state index contributed by atoms with van der Waals surface area (Å²) in [5, 5.41) is 13.3. The summed E-state index contributed by atoms with van der Waals surface area (Å²) in [4.78, 5) is 0. The van der Waals surface area contributed by atoms with Crippen molar-refractivity contribution >= 4 is 18.7 Å². The van der Waals surface area contributed by atoms with Gasteiger partial charge in [-0.1, -0.05) is 81.4 Å². The Hall–Kier alpha value is -2.24. The second-order valence-corrected chi connectivity index (χ2v) is 11.6. The second kappa shape index (κ2) is 6.94. The number of rotatable bonds is 5. The summed E-state index contributed by atoms with van der Waals surface area (Å²) in [6.45, 7) is 8.87. The highest BCUT2D eigenvalue weighted by Crippen LogP contribution is 2.39. The minimum atomic E-state index is -2.55. The molecule has 1 N–H and O–H groups in total. The molecule has 0 spiro atoms. The van der Waals surface area contributed by atoms with Gasteiger partial charge in [-0.05, 0) is 22.3 Å². The Labute approximate surface area is 150 Å². The maximum absolute atomic E-state index is 6.94. The van der Waals surface area contributed by atoms with Crippen LogP contribution in [0.5, 0.6) is 0 Å². The maximum Gasteiger partial charge on any atom is 0.261 e. The summed E-state index contributed by atoms with van der Waals surface area (Å²) in [5.74, 6) is 0. The summed E-state index contributed by atoms with van der Waals surface area (Å²) >= 11 is 0. The number of H-pyrrole nitrogens is 1. The second-order valence-electron chi connectivity index (χ2n) is 7.32. The molecule has 0 fully saturated rings. The van der Waals surface area contributed by atoms with Crippen LogP contribution in [-0.2, 0) is 4.43 Å². The van der Waals surface area contributed by atoms with E-state index in [1.54, 1.807) is 6.20 Å². The summed E-state index contributed by atoms with van der Waals surface area (Å²) in [6.07, 6.45) is 1.59. The normalized spacial score (nSPS) is 13.6. The third-order valence-corrected chi connectivity index (χ3v) is 9.73. The largest absolute Gasteiger partial charge is 0.399 e. The van der Waals surface area contributed by atoms with E-state index in [0.717, 1.165) is 5.69 Å². The summed E-state index contributed by atoms with van der Waals surface area (Å²) in [6, 6.07) is 21.3. The van der Waals surface area contributed by atoms with Crippen molar-refractivity contribution in [2.45, 2.75) is 38.8 Å². The molecule has 0 aliphatic heterocycles. The van der Waals surface area contributed by atoms with Crippen LogP contribution >= 0.6 is 0 Å². The first-order valence-corrected chi connectivity index (χ1v) is 10.5. The molecule has 1 heterocycles. The van der Waals surface area contributed by atoms with Crippen molar-refractivity contribution < 1.29 is 4.43 Å². The van der Waals surface area contributed by atoms with Gasteiger partial charge in [-0.3, -0.25) is 0 Å². The van der Waals surface area contributed by atoms with E-state index >= 15 is 0 Å². The van der Waals surface area contributed by atoms with Gasteiger partial charge < -0.3 is 4.43 Å². The molecule has 0 radical (unpaired) electrons. The van der Waals surface area contributed by atoms with E-state index in [1.165, 1.54) is 10.4 Å². The van der Waals surface area contributed by atoms with Crippen LogP contribution in [0, 0.1) is 0 Å². The van der Waals surface area contributed by atoms with Gasteiger partial charge in [0.15, 0.2) is 0 Å². The lowest BCUT2D eigenvalue weighted by molar-refractivity contribution is 0.206. The molecular weight excluding hydrogens is 326 g/mol. The highest BCUT2D eigenvalue weighted by Gasteiger charge is 2.51. The third kappa shape index (κ3) is 3.30. The Morgan fingerprint density at radius 1 is 0.920 bits per heavy atom. The average molecular weight is 352 g/mol. The minimum Gasteiger partial charge on any atom is -0.399 e. The maximum atomic E-state index is 6.94. The molecule has 0 saturated carbocycles. The Kier molecular flexibility index (Phi) is 4.88. The number of nitrogens with zero attached hydrogens (tertiary/aromatic N) is 2. The predicted octanol–water partition coefficient (Wildman–Crippen LogP) is 3.44. The van der Waals surface area contributed by atoms with E-state index in [1.807, 2.05) is 0 Å². The standard InChI is InChI=1S/C20H25N3OSi/c1-16(19-15-21-23-22-19)24-25(20(2,3)4,17-11-7-5-8-12-17)18-13-9-6-10-14-18/h5-16H,1-4H3,(H,21,22,23)/t16-/m0/s1. The van der Waals surface area contributed by atoms with Crippen LogP contribution in [-0.4, -0.2) is 23.7 Å². The van der Waals surface area contributed by atoms with Gasteiger partial charge in [-0.25, -0.2) is 0 Å². The number of nitrogens with one attached hydrogen (secondary N) is 1. The number of aromatic nitrogens is 3. The molecule has 0 saturated heterocycles. The molecule has 0 amide bonds. The summed E-state index contributed by atoms with van der Waals surface area (Å²) in [5.41, 5.74) is 0.827. The van der Waals surface area contributed by atoms with Gasteiger partial charge in [-0.2, -0.15) is 15.4 Å². The summed E-state index contributed by atoms with van der Waals surface area (Å²) in [7, 11) is -2.55. The van der Waals surface area contributed by atoms with Crippen molar-refractivity contribution in [1.29, 1.82) is 0 Å². The van der Waals surface area contributed by atoms with Crippen LogP contribution < -0.4 is 10.4 Å². The van der Waals surface area contributed by atoms with Crippen molar-refractivity contribution in [3.63, 3.8) is 0 Å². The third-order valence-electron chi connectivity index (χ3n) is 4.62. The molecule has 0 aliphatic carbocycles. The molecule has 0 bridgehead atoms. The predicted molar refractivity (Wildman–Crippen MR) is 104 cm³/mol. The van der Waals surface area contributed by atoms with E-state index < -0.39 is 8.32 Å². The van der Waals surface area contributed by atoms with Crippen LogP contribution in [0.3, 0.4) is 0 Å². The van der Waals surface area contributed by atoms with Crippen LogP contribution in [0.4, 0.5) is 0 Å². The fourth-order valence-electron chi connectivity index (χ4n) is 3.42. The zero-order valence-electron chi connectivity index (χ0n) is 15.2. The highest BCUT2D eigenvalue weighted by atomic mass is 28.4. The van der Waals surface area contributed by atoms with E-state index in [2.05, 4.69) is 104 Å². The Balaban J connectivity index is 2.19. The van der Waals surface area contributed by atoms with Gasteiger partial charge in [0.2, 0.25) is 0 Å². The zero-order valence-corrected chi connectivity index (χ0v) is 16.2. The Morgan fingerprint density at radius 3 is 1.84 bits per heavy atom. The highest BCUT2D eigenvalue weighted by molar-refractivity contribution is 6.99. The van der Waals surface area contributed by atoms with Crippen LogP contribution in [0.1, 0.15) is 39.5 Å². The molecule has 3 aromatic rings. The van der Waals surface area contributed by atoms with Crippen molar-refractivity contribution in [2.24, 2.45) is 0 Å². The van der Waals surface area contributed by atoms with Crippen molar-refractivity contribution in [3.05, 3.63) is 72.6 Å². The van der Waals surface area contributed by atoms with Gasteiger partial charge in [0, 0.05) is 0 Å². The van der Waals surface area contributed by atoms with Crippen molar-refractivity contribution in [1.82, 2.24) is 15.4 Å². The smallest absolute Gasteiger partial charge is 0.261 e. The lowest BCUT2D eigenvalue weighted by Crippen LogP contribution is -2.66. The topological polar surface area (TPSA) is 50.8 Å². The first-order chi connectivity index (χ1) is 11.9. The number of benzene rings is 2. The van der Waals surface area contributed by atoms with E-state index in [9.17, 15) is 0 Å². The van der Waals surface area contributed by atoms with Crippen LogP contribution in [0.15, 0.2) is 66.9 Å². The fraction of sp³-hybridized carbons (Fsp3) is 0.300. The number of aromatic amines is 1. The van der Waals surface area contributed by atoms with Crippen molar-refractivity contribution in [3.8, 4) is 0 Å². The quantitative estimate of drug-likeness (QED) is 0.716. The van der Waals surface area contributed by atoms with Gasteiger partial charge in [0.05, 0.1) is 12.3 Å². The zero-order chi connectivity index (χ0) is 17.9. The van der Waals surface area contributed by atoms with E-state index in [4.69, 9.17) is 4.43 Å². The fourth-order valence-corrected chi connectivity index (χ4v) is 8.09. The average Bonchev–Trinajstić information content (AvgIpc) is 3.15. The van der Waals surface area contributed by atoms with E-state index in [-0.39, 0.29) is 11.1 Å². The molecule has 3 rings (SSSR count). The molecule has 130 valence electrons. The molecule has 1 aromatic heterocycles.